The quantitative estimate of drug-likeness (QED) is 0.397. The highest BCUT2D eigenvalue weighted by atomic mass is 35.5. The molecule has 2 aliphatic heterocycles. The van der Waals surface area contributed by atoms with E-state index in [4.69, 9.17) is 17.3 Å². The minimum atomic E-state index is -1.17. The van der Waals surface area contributed by atoms with E-state index in [0.717, 1.165) is 27.3 Å². The van der Waals surface area contributed by atoms with Crippen molar-refractivity contribution in [3.8, 4) is 0 Å². The fourth-order valence-electron chi connectivity index (χ4n) is 5.45. The van der Waals surface area contributed by atoms with Gasteiger partial charge in [-0.15, -0.1) is 0 Å². The molecule has 2 atom stereocenters. The van der Waals surface area contributed by atoms with Crippen LogP contribution in [-0.2, 0) is 29.0 Å². The lowest BCUT2D eigenvalue weighted by Gasteiger charge is -2.39. The summed E-state index contributed by atoms with van der Waals surface area (Å²) in [6.45, 7) is 2.27. The summed E-state index contributed by atoms with van der Waals surface area (Å²) in [5.41, 5.74) is 10.4. The van der Waals surface area contributed by atoms with E-state index in [-0.39, 0.29) is 25.3 Å². The van der Waals surface area contributed by atoms with Gasteiger partial charge in [0.15, 0.2) is 0 Å². The molecule has 3 aromatic carbocycles. The van der Waals surface area contributed by atoms with Crippen molar-refractivity contribution in [3.63, 3.8) is 0 Å². The molecule has 3 amide bonds. The summed E-state index contributed by atoms with van der Waals surface area (Å²) >= 11 is 6.06. The highest BCUT2D eigenvalue weighted by Gasteiger charge is 2.37. The number of carbonyl (C=O) groups is 3. The highest BCUT2D eigenvalue weighted by molar-refractivity contribution is 6.30. The van der Waals surface area contributed by atoms with Gasteiger partial charge in [-0.2, -0.15) is 0 Å². The van der Waals surface area contributed by atoms with Gasteiger partial charge < -0.3 is 26.0 Å². The number of para-hydroxylation sites is 2. The van der Waals surface area contributed by atoms with Crippen LogP contribution in [0.3, 0.4) is 0 Å². The Labute approximate surface area is 238 Å². The summed E-state index contributed by atoms with van der Waals surface area (Å²) < 4.78 is 0. The predicted molar refractivity (Wildman–Crippen MR) is 154 cm³/mol. The number of nitrogens with zero attached hydrogens (tertiary/aromatic N) is 3. The highest BCUT2D eigenvalue weighted by Crippen LogP contribution is 2.25. The Morgan fingerprint density at radius 1 is 0.925 bits per heavy atom. The third-order valence-electron chi connectivity index (χ3n) is 7.63. The molecule has 0 saturated carbocycles. The topological polar surface area (TPSA) is 119 Å². The Morgan fingerprint density at radius 2 is 1.57 bits per heavy atom. The summed E-state index contributed by atoms with van der Waals surface area (Å²) in [5, 5.41) is 13.4. The molecule has 0 bridgehead atoms. The number of carbonyl (C=O) groups excluding carboxylic acids is 2. The zero-order valence-corrected chi connectivity index (χ0v) is 22.8. The Balaban J connectivity index is 1.33. The average Bonchev–Trinajstić information content (AvgIpc) is 2.97. The fourth-order valence-corrected chi connectivity index (χ4v) is 5.57. The molecule has 208 valence electrons. The van der Waals surface area contributed by atoms with Gasteiger partial charge in [0.25, 0.3) is 0 Å². The second-order valence-corrected chi connectivity index (χ2v) is 10.6. The second-order valence-electron chi connectivity index (χ2n) is 10.2. The SMILES string of the molecule is Nc1ccccc1N1CCN(C(=O)[C@@H](Cc2ccc(Cl)cc2)NC(=O)[C@H]2Cc3ccccc3CN2C(=O)O)CC1. The third-order valence-corrected chi connectivity index (χ3v) is 7.89. The van der Waals surface area contributed by atoms with Crippen LogP contribution >= 0.6 is 11.6 Å². The molecular weight excluding hydrogens is 530 g/mol. The van der Waals surface area contributed by atoms with Crippen LogP contribution in [-0.4, -0.2) is 71.1 Å². The number of amides is 3. The van der Waals surface area contributed by atoms with Gasteiger partial charge in [-0.1, -0.05) is 60.1 Å². The Bertz CT molecular complexity index is 1390. The number of hydrogen-bond donors (Lipinski definition) is 3. The molecule has 5 rings (SSSR count). The third kappa shape index (κ3) is 5.99. The van der Waals surface area contributed by atoms with Gasteiger partial charge in [-0.05, 0) is 41.0 Å². The van der Waals surface area contributed by atoms with Crippen molar-refractivity contribution in [1.29, 1.82) is 0 Å². The summed E-state index contributed by atoms with van der Waals surface area (Å²) in [7, 11) is 0. The van der Waals surface area contributed by atoms with Crippen LogP contribution in [0.2, 0.25) is 5.02 Å². The molecule has 1 saturated heterocycles. The number of rotatable bonds is 6. The molecule has 0 unspecified atom stereocenters. The molecular formula is C30H32ClN5O4. The molecule has 0 aliphatic carbocycles. The van der Waals surface area contributed by atoms with E-state index in [1.807, 2.05) is 60.7 Å². The van der Waals surface area contributed by atoms with Gasteiger partial charge in [0.2, 0.25) is 11.8 Å². The average molecular weight is 562 g/mol. The van der Waals surface area contributed by atoms with Gasteiger partial charge in [-0.3, -0.25) is 14.5 Å². The van der Waals surface area contributed by atoms with Gasteiger partial charge in [0, 0.05) is 44.0 Å². The summed E-state index contributed by atoms with van der Waals surface area (Å²) in [6, 6.07) is 20.5. The Morgan fingerprint density at radius 3 is 2.25 bits per heavy atom. The van der Waals surface area contributed by atoms with Crippen molar-refractivity contribution in [1.82, 2.24) is 15.1 Å². The lowest BCUT2D eigenvalue weighted by atomic mass is 9.93. The molecule has 2 aliphatic rings. The van der Waals surface area contributed by atoms with Crippen LogP contribution < -0.4 is 16.0 Å². The van der Waals surface area contributed by atoms with Crippen LogP contribution in [0.15, 0.2) is 72.8 Å². The van der Waals surface area contributed by atoms with Crippen molar-refractivity contribution < 1.29 is 19.5 Å². The number of hydrogen-bond acceptors (Lipinski definition) is 5. The van der Waals surface area contributed by atoms with Crippen LogP contribution in [0, 0.1) is 0 Å². The minimum Gasteiger partial charge on any atom is -0.465 e. The van der Waals surface area contributed by atoms with Crippen LogP contribution in [0.25, 0.3) is 0 Å². The standard InChI is InChI=1S/C30H32ClN5O4/c31-23-11-9-20(10-12-23)17-25(29(38)35-15-13-34(14-16-35)26-8-4-3-7-24(26)32)33-28(37)27-18-21-5-1-2-6-22(21)19-36(27)30(39)40/h1-12,25,27H,13-19,32H2,(H,33,37)(H,39,40)/t25-,27-/m1/s1. The fraction of sp³-hybridized carbons (Fsp3) is 0.300. The number of halogens is 1. The number of nitrogens with two attached hydrogens (primary N) is 1. The maximum Gasteiger partial charge on any atom is 0.408 e. The molecule has 0 aromatic heterocycles. The predicted octanol–water partition coefficient (Wildman–Crippen LogP) is 3.40. The van der Waals surface area contributed by atoms with Gasteiger partial charge in [0.05, 0.1) is 17.9 Å². The number of nitrogen functional groups attached to an aromatic ring is 1. The van der Waals surface area contributed by atoms with Crippen molar-refractivity contribution in [2.45, 2.75) is 31.5 Å². The lowest BCUT2D eigenvalue weighted by molar-refractivity contribution is -0.138. The maximum absolute atomic E-state index is 13.8. The number of benzene rings is 3. The molecule has 1 fully saturated rings. The number of piperazine rings is 1. The summed E-state index contributed by atoms with van der Waals surface area (Å²) in [5.74, 6) is -0.693. The molecule has 0 radical (unpaired) electrons. The van der Waals surface area contributed by atoms with Crippen molar-refractivity contribution in [2.24, 2.45) is 0 Å². The molecule has 9 nitrogen and oxygen atoms in total. The summed E-state index contributed by atoms with van der Waals surface area (Å²) in [6.07, 6.45) is -0.677. The van der Waals surface area contributed by atoms with Gasteiger partial charge in [-0.25, -0.2) is 4.79 Å². The first-order valence-corrected chi connectivity index (χ1v) is 13.7. The maximum atomic E-state index is 13.8. The molecule has 3 aromatic rings. The van der Waals surface area contributed by atoms with E-state index in [1.54, 1.807) is 17.0 Å². The van der Waals surface area contributed by atoms with E-state index in [1.165, 1.54) is 0 Å². The normalized spacial score (nSPS) is 17.6. The van der Waals surface area contributed by atoms with E-state index in [0.29, 0.717) is 36.9 Å². The van der Waals surface area contributed by atoms with E-state index in [2.05, 4.69) is 10.2 Å². The number of fused-ring (bicyclic) bond motifs is 1. The van der Waals surface area contributed by atoms with Crippen molar-refractivity contribution >= 4 is 40.9 Å². The number of anilines is 2. The largest absolute Gasteiger partial charge is 0.465 e. The first-order valence-electron chi connectivity index (χ1n) is 13.3. The second kappa shape index (κ2) is 11.9. The molecule has 0 spiro atoms. The molecule has 4 N–H and O–H groups in total. The Hall–Kier alpha value is -4.24. The molecule has 40 heavy (non-hydrogen) atoms. The zero-order valence-electron chi connectivity index (χ0n) is 22.0. The zero-order chi connectivity index (χ0) is 28.2. The minimum absolute atomic E-state index is 0.115. The van der Waals surface area contributed by atoms with E-state index in [9.17, 15) is 19.5 Å². The Kier molecular flexibility index (Phi) is 8.11. The number of nitrogens with one attached hydrogen (secondary N) is 1. The first-order chi connectivity index (χ1) is 19.3. The first kappa shape index (κ1) is 27.3. The van der Waals surface area contributed by atoms with Crippen LogP contribution in [0.5, 0.6) is 0 Å². The van der Waals surface area contributed by atoms with Crippen molar-refractivity contribution in [2.75, 3.05) is 36.8 Å². The van der Waals surface area contributed by atoms with Gasteiger partial charge >= 0.3 is 6.09 Å². The molecule has 2 heterocycles. The summed E-state index contributed by atoms with van der Waals surface area (Å²) in [4.78, 5) is 44.6. The van der Waals surface area contributed by atoms with Crippen molar-refractivity contribution in [3.05, 3.63) is 94.5 Å². The lowest BCUT2D eigenvalue weighted by Crippen LogP contribution is -2.59. The van der Waals surface area contributed by atoms with E-state index >= 15 is 0 Å². The van der Waals surface area contributed by atoms with Crippen LogP contribution in [0.4, 0.5) is 16.2 Å². The monoisotopic (exact) mass is 561 g/mol. The van der Waals surface area contributed by atoms with Gasteiger partial charge in [0.1, 0.15) is 12.1 Å². The molecule has 10 heteroatoms. The van der Waals surface area contributed by atoms with E-state index < -0.39 is 24.1 Å². The number of carboxylic acid groups (broad SMARTS) is 1. The smallest absolute Gasteiger partial charge is 0.408 e. The van der Waals surface area contributed by atoms with Crippen LogP contribution in [0.1, 0.15) is 16.7 Å².